The summed E-state index contributed by atoms with van der Waals surface area (Å²) >= 11 is 0. The predicted octanol–water partition coefficient (Wildman–Crippen LogP) is 2.93. The van der Waals surface area contributed by atoms with Crippen molar-refractivity contribution in [3.8, 4) is 0 Å². The monoisotopic (exact) mass is 274 g/mol. The van der Waals surface area contributed by atoms with Crippen LogP contribution in [0.15, 0.2) is 34.7 Å². The van der Waals surface area contributed by atoms with Crippen LogP contribution in [-0.4, -0.2) is 18.0 Å². The molecule has 1 aromatic carbocycles. The van der Waals surface area contributed by atoms with Crippen LogP contribution in [0.1, 0.15) is 37.7 Å². The minimum atomic E-state index is -0.412. The molecule has 2 rings (SSSR count). The normalized spacial score (nSPS) is 14.4. The fourth-order valence-corrected chi connectivity index (χ4v) is 2.52. The Labute approximate surface area is 119 Å². The van der Waals surface area contributed by atoms with Crippen LogP contribution in [-0.2, 0) is 0 Å². The van der Waals surface area contributed by atoms with Crippen LogP contribution in [0.25, 0.3) is 11.0 Å². The first-order valence-corrected chi connectivity index (χ1v) is 6.95. The van der Waals surface area contributed by atoms with E-state index in [2.05, 4.69) is 19.2 Å². The first-order chi connectivity index (χ1) is 9.43. The lowest BCUT2D eigenvalue weighted by Gasteiger charge is -2.30. The van der Waals surface area contributed by atoms with Gasteiger partial charge >= 0.3 is 0 Å². The zero-order valence-corrected chi connectivity index (χ0v) is 12.3. The topological polar surface area (TPSA) is 68.3 Å². The molecule has 3 N–H and O–H groups in total. The number of carbonyl (C=O) groups is 1. The number of nitrogens with one attached hydrogen (secondary N) is 1. The van der Waals surface area contributed by atoms with E-state index in [1.54, 1.807) is 6.07 Å². The zero-order chi connectivity index (χ0) is 14.8. The molecule has 0 spiro atoms. The summed E-state index contributed by atoms with van der Waals surface area (Å²) in [6.45, 7) is 6.59. The summed E-state index contributed by atoms with van der Waals surface area (Å²) in [5, 5.41) is 3.92. The average Bonchev–Trinajstić information content (AvgIpc) is 2.81. The van der Waals surface area contributed by atoms with Crippen LogP contribution in [0, 0.1) is 5.92 Å². The van der Waals surface area contributed by atoms with Gasteiger partial charge in [-0.2, -0.15) is 0 Å². The van der Waals surface area contributed by atoms with Crippen LogP contribution in [0.3, 0.4) is 0 Å². The van der Waals surface area contributed by atoms with Crippen molar-refractivity contribution in [3.63, 3.8) is 0 Å². The van der Waals surface area contributed by atoms with Gasteiger partial charge in [0, 0.05) is 11.9 Å². The Hall–Kier alpha value is -1.81. The van der Waals surface area contributed by atoms with Gasteiger partial charge in [-0.25, -0.2) is 0 Å². The quantitative estimate of drug-likeness (QED) is 0.880. The Morgan fingerprint density at radius 3 is 2.70 bits per heavy atom. The molecule has 0 aliphatic heterocycles. The molecule has 0 aliphatic carbocycles. The Bertz CT molecular complexity index is 570. The molecule has 2 aromatic rings. The molecular formula is C16H22N2O2. The van der Waals surface area contributed by atoms with E-state index in [4.69, 9.17) is 10.2 Å². The third-order valence-corrected chi connectivity index (χ3v) is 3.37. The van der Waals surface area contributed by atoms with Gasteiger partial charge in [0.1, 0.15) is 5.58 Å². The van der Waals surface area contributed by atoms with Crippen LogP contribution in [0.2, 0.25) is 0 Å². The summed E-state index contributed by atoms with van der Waals surface area (Å²) in [5.74, 6) is 0.573. The summed E-state index contributed by atoms with van der Waals surface area (Å²) in [7, 11) is 0. The molecule has 0 radical (unpaired) electrons. The highest BCUT2D eigenvalue weighted by Crippen LogP contribution is 2.21. The Morgan fingerprint density at radius 1 is 1.40 bits per heavy atom. The second-order valence-electron chi connectivity index (χ2n) is 5.97. The van der Waals surface area contributed by atoms with Gasteiger partial charge in [-0.15, -0.1) is 0 Å². The molecule has 20 heavy (non-hydrogen) atoms. The van der Waals surface area contributed by atoms with Gasteiger partial charge in [0.15, 0.2) is 5.76 Å². The van der Waals surface area contributed by atoms with Crippen molar-refractivity contribution in [2.45, 2.75) is 32.7 Å². The highest BCUT2D eigenvalue weighted by molar-refractivity contribution is 5.96. The number of carbonyl (C=O) groups excluding carboxylic acids is 1. The van der Waals surface area contributed by atoms with E-state index in [0.717, 1.165) is 17.4 Å². The third-order valence-electron chi connectivity index (χ3n) is 3.37. The number of benzene rings is 1. The number of para-hydroxylation sites is 1. The van der Waals surface area contributed by atoms with Crippen molar-refractivity contribution >= 4 is 16.9 Å². The number of hydrogen-bond donors (Lipinski definition) is 2. The summed E-state index contributed by atoms with van der Waals surface area (Å²) in [4.78, 5) is 12.3. The Morgan fingerprint density at radius 2 is 2.10 bits per heavy atom. The minimum Gasteiger partial charge on any atom is -0.451 e. The molecule has 0 bridgehead atoms. The standard InChI is InChI=1S/C16H22N2O2/c1-11(2)9-16(3,10-17)18-15(19)14-8-12-6-4-5-7-13(12)20-14/h4-8,11H,9-10,17H2,1-3H3,(H,18,19). The van der Waals surface area contributed by atoms with E-state index < -0.39 is 5.54 Å². The molecule has 1 atom stereocenters. The molecule has 4 nitrogen and oxygen atoms in total. The van der Waals surface area contributed by atoms with Gasteiger partial charge in [0.25, 0.3) is 5.91 Å². The van der Waals surface area contributed by atoms with Crippen molar-refractivity contribution in [1.29, 1.82) is 0 Å². The van der Waals surface area contributed by atoms with Crippen LogP contribution in [0.5, 0.6) is 0 Å². The maximum atomic E-state index is 12.3. The van der Waals surface area contributed by atoms with Gasteiger partial charge in [-0.1, -0.05) is 32.0 Å². The van der Waals surface area contributed by atoms with E-state index in [1.165, 1.54) is 0 Å². The second kappa shape index (κ2) is 5.67. The predicted molar refractivity (Wildman–Crippen MR) is 80.6 cm³/mol. The van der Waals surface area contributed by atoms with Crippen molar-refractivity contribution in [2.24, 2.45) is 11.7 Å². The van der Waals surface area contributed by atoms with Gasteiger partial charge < -0.3 is 15.5 Å². The van der Waals surface area contributed by atoms with E-state index in [-0.39, 0.29) is 5.91 Å². The number of rotatable bonds is 5. The molecule has 0 aliphatic rings. The molecule has 1 heterocycles. The zero-order valence-electron chi connectivity index (χ0n) is 12.3. The molecule has 1 unspecified atom stereocenters. The molecular weight excluding hydrogens is 252 g/mol. The summed E-state index contributed by atoms with van der Waals surface area (Å²) in [5.41, 5.74) is 6.12. The van der Waals surface area contributed by atoms with Crippen molar-refractivity contribution < 1.29 is 9.21 Å². The molecule has 0 fully saturated rings. The number of hydrogen-bond acceptors (Lipinski definition) is 3. The van der Waals surface area contributed by atoms with Crippen LogP contribution in [0.4, 0.5) is 0 Å². The van der Waals surface area contributed by atoms with Crippen molar-refractivity contribution in [1.82, 2.24) is 5.32 Å². The fraction of sp³-hybridized carbons (Fsp3) is 0.438. The highest BCUT2D eigenvalue weighted by Gasteiger charge is 2.27. The number of fused-ring (bicyclic) bond motifs is 1. The molecule has 0 saturated heterocycles. The van der Waals surface area contributed by atoms with Gasteiger partial charge in [0.05, 0.1) is 5.54 Å². The van der Waals surface area contributed by atoms with E-state index in [1.807, 2.05) is 31.2 Å². The average molecular weight is 274 g/mol. The first-order valence-electron chi connectivity index (χ1n) is 6.95. The summed E-state index contributed by atoms with van der Waals surface area (Å²) < 4.78 is 5.57. The molecule has 4 heteroatoms. The van der Waals surface area contributed by atoms with Gasteiger partial charge in [-0.3, -0.25) is 4.79 Å². The fourth-order valence-electron chi connectivity index (χ4n) is 2.52. The van der Waals surface area contributed by atoms with Crippen molar-refractivity contribution in [2.75, 3.05) is 6.54 Å². The number of amides is 1. The largest absolute Gasteiger partial charge is 0.451 e. The SMILES string of the molecule is CC(C)CC(C)(CN)NC(=O)c1cc2ccccc2o1. The Balaban J connectivity index is 2.18. The van der Waals surface area contributed by atoms with Crippen molar-refractivity contribution in [3.05, 3.63) is 36.1 Å². The lowest BCUT2D eigenvalue weighted by atomic mass is 9.90. The second-order valence-corrected chi connectivity index (χ2v) is 5.97. The number of nitrogens with two attached hydrogens (primary N) is 1. The molecule has 1 aromatic heterocycles. The molecule has 108 valence electrons. The smallest absolute Gasteiger partial charge is 0.287 e. The van der Waals surface area contributed by atoms with Gasteiger partial charge in [-0.05, 0) is 31.4 Å². The maximum Gasteiger partial charge on any atom is 0.287 e. The molecule has 1 amide bonds. The maximum absolute atomic E-state index is 12.3. The van der Waals surface area contributed by atoms with Crippen LogP contribution < -0.4 is 11.1 Å². The highest BCUT2D eigenvalue weighted by atomic mass is 16.3. The van der Waals surface area contributed by atoms with E-state index in [9.17, 15) is 4.79 Å². The Kier molecular flexibility index (Phi) is 4.14. The first kappa shape index (κ1) is 14.6. The lowest BCUT2D eigenvalue weighted by molar-refractivity contribution is 0.0872. The molecule has 0 saturated carbocycles. The minimum absolute atomic E-state index is 0.213. The summed E-state index contributed by atoms with van der Waals surface area (Å²) in [6.07, 6.45) is 0.829. The number of furan rings is 1. The van der Waals surface area contributed by atoms with Crippen LogP contribution >= 0.6 is 0 Å². The lowest BCUT2D eigenvalue weighted by Crippen LogP contribution is -2.52. The third kappa shape index (κ3) is 3.20. The van der Waals surface area contributed by atoms with Gasteiger partial charge in [0.2, 0.25) is 0 Å². The van der Waals surface area contributed by atoms with E-state index >= 15 is 0 Å². The van der Waals surface area contributed by atoms with E-state index in [0.29, 0.717) is 18.2 Å². The summed E-state index contributed by atoms with van der Waals surface area (Å²) in [6, 6.07) is 9.34.